The van der Waals surface area contributed by atoms with Crippen molar-refractivity contribution in [3.05, 3.63) is 34.9 Å². The number of nitriles is 1. The lowest BCUT2D eigenvalue weighted by atomic mass is 9.88. The molecule has 1 aliphatic rings. The summed E-state index contributed by atoms with van der Waals surface area (Å²) < 4.78 is 0. The lowest BCUT2D eigenvalue weighted by molar-refractivity contribution is 0.300. The smallest absolute Gasteiger partial charge is 0.0842 e. The van der Waals surface area contributed by atoms with Crippen molar-refractivity contribution in [3.8, 4) is 6.07 Å². The molecule has 0 saturated heterocycles. The van der Waals surface area contributed by atoms with Crippen molar-refractivity contribution in [2.75, 3.05) is 13.6 Å². The van der Waals surface area contributed by atoms with Crippen LogP contribution in [0.25, 0.3) is 0 Å². The van der Waals surface area contributed by atoms with Gasteiger partial charge in [-0.3, -0.25) is 0 Å². The van der Waals surface area contributed by atoms with Crippen LogP contribution in [0.3, 0.4) is 0 Å². The molecule has 1 unspecified atom stereocenters. The molecular formula is C14H18N2. The molecule has 2 heteroatoms. The third kappa shape index (κ3) is 1.96. The van der Waals surface area contributed by atoms with Crippen molar-refractivity contribution < 1.29 is 0 Å². The predicted octanol–water partition coefficient (Wildman–Crippen LogP) is 2.86. The number of likely N-dealkylation sites (N-methyl/N-ethyl adjacent to an activating group) is 1. The standard InChI is InChI=1S/C14H18N2/c1-10(2)11-4-5-14-12(6-11)8-16(3)9-13(14)7-15/h4-6,10,13H,8-9H2,1-3H3. The molecule has 16 heavy (non-hydrogen) atoms. The quantitative estimate of drug-likeness (QED) is 0.718. The van der Waals surface area contributed by atoms with Gasteiger partial charge in [0.15, 0.2) is 0 Å². The fourth-order valence-corrected chi connectivity index (χ4v) is 2.34. The Morgan fingerprint density at radius 1 is 1.44 bits per heavy atom. The van der Waals surface area contributed by atoms with Crippen molar-refractivity contribution >= 4 is 0 Å². The maximum Gasteiger partial charge on any atom is 0.0842 e. The molecule has 0 aliphatic carbocycles. The lowest BCUT2D eigenvalue weighted by Gasteiger charge is -2.29. The van der Waals surface area contributed by atoms with Crippen LogP contribution in [0.1, 0.15) is 42.4 Å². The maximum atomic E-state index is 9.16. The van der Waals surface area contributed by atoms with Gasteiger partial charge in [-0.05, 0) is 29.7 Å². The van der Waals surface area contributed by atoms with E-state index in [1.165, 1.54) is 16.7 Å². The Hall–Kier alpha value is -1.33. The second-order valence-electron chi connectivity index (χ2n) is 4.99. The van der Waals surface area contributed by atoms with Crippen LogP contribution in [-0.4, -0.2) is 18.5 Å². The minimum atomic E-state index is 0.0370. The van der Waals surface area contributed by atoms with E-state index in [9.17, 15) is 0 Å². The molecular weight excluding hydrogens is 196 g/mol. The molecule has 0 saturated carbocycles. The monoisotopic (exact) mass is 214 g/mol. The van der Waals surface area contributed by atoms with E-state index in [1.54, 1.807) is 0 Å². The van der Waals surface area contributed by atoms with Gasteiger partial charge in [0.25, 0.3) is 0 Å². The average molecular weight is 214 g/mol. The summed E-state index contributed by atoms with van der Waals surface area (Å²) in [5.74, 6) is 0.591. The van der Waals surface area contributed by atoms with E-state index in [0.717, 1.165) is 13.1 Å². The predicted molar refractivity (Wildman–Crippen MR) is 65.2 cm³/mol. The Morgan fingerprint density at radius 2 is 2.19 bits per heavy atom. The zero-order valence-corrected chi connectivity index (χ0v) is 10.2. The Morgan fingerprint density at radius 3 is 2.81 bits per heavy atom. The van der Waals surface area contributed by atoms with Crippen LogP contribution in [-0.2, 0) is 6.54 Å². The lowest BCUT2D eigenvalue weighted by Crippen LogP contribution is -2.29. The second-order valence-corrected chi connectivity index (χ2v) is 4.99. The number of hydrogen-bond acceptors (Lipinski definition) is 2. The molecule has 84 valence electrons. The third-order valence-corrected chi connectivity index (χ3v) is 3.30. The van der Waals surface area contributed by atoms with E-state index < -0.39 is 0 Å². The third-order valence-electron chi connectivity index (χ3n) is 3.30. The number of fused-ring (bicyclic) bond motifs is 1. The van der Waals surface area contributed by atoms with Crippen LogP contribution < -0.4 is 0 Å². The molecule has 0 fully saturated rings. The molecule has 1 aliphatic heterocycles. The van der Waals surface area contributed by atoms with Gasteiger partial charge in [0.1, 0.15) is 0 Å². The molecule has 1 aromatic rings. The van der Waals surface area contributed by atoms with Crippen LogP contribution in [0.2, 0.25) is 0 Å². The van der Waals surface area contributed by atoms with Crippen molar-refractivity contribution in [3.63, 3.8) is 0 Å². The fourth-order valence-electron chi connectivity index (χ4n) is 2.34. The van der Waals surface area contributed by atoms with E-state index in [-0.39, 0.29) is 5.92 Å². The van der Waals surface area contributed by atoms with E-state index in [2.05, 4.69) is 50.1 Å². The summed E-state index contributed by atoms with van der Waals surface area (Å²) in [5.41, 5.74) is 3.92. The van der Waals surface area contributed by atoms with Crippen LogP contribution in [0.4, 0.5) is 0 Å². The first-order valence-corrected chi connectivity index (χ1v) is 5.82. The van der Waals surface area contributed by atoms with Gasteiger partial charge in [-0.2, -0.15) is 5.26 Å². The van der Waals surface area contributed by atoms with Crippen LogP contribution in [0.5, 0.6) is 0 Å². The zero-order chi connectivity index (χ0) is 11.7. The second kappa shape index (κ2) is 4.27. The van der Waals surface area contributed by atoms with Crippen LogP contribution >= 0.6 is 0 Å². The molecule has 1 aromatic carbocycles. The van der Waals surface area contributed by atoms with Crippen molar-refractivity contribution in [2.45, 2.75) is 32.2 Å². The highest BCUT2D eigenvalue weighted by Gasteiger charge is 2.23. The number of nitrogens with zero attached hydrogens (tertiary/aromatic N) is 2. The first-order chi connectivity index (χ1) is 7.61. The molecule has 0 N–H and O–H groups in total. The molecule has 1 heterocycles. The molecule has 0 spiro atoms. The highest BCUT2D eigenvalue weighted by Crippen LogP contribution is 2.29. The Balaban J connectivity index is 2.43. The Kier molecular flexibility index (Phi) is 2.98. The average Bonchev–Trinajstić information content (AvgIpc) is 2.26. The summed E-state index contributed by atoms with van der Waals surface area (Å²) in [4.78, 5) is 2.22. The Labute approximate surface area is 97.5 Å². The number of rotatable bonds is 1. The van der Waals surface area contributed by atoms with Gasteiger partial charge in [-0.15, -0.1) is 0 Å². The largest absolute Gasteiger partial charge is 0.300 e. The number of benzene rings is 1. The highest BCUT2D eigenvalue weighted by molar-refractivity contribution is 5.40. The van der Waals surface area contributed by atoms with Gasteiger partial charge < -0.3 is 4.90 Å². The van der Waals surface area contributed by atoms with Gasteiger partial charge in [-0.1, -0.05) is 32.0 Å². The van der Waals surface area contributed by atoms with Gasteiger partial charge in [0.2, 0.25) is 0 Å². The molecule has 2 nitrogen and oxygen atoms in total. The normalized spacial score (nSPS) is 20.6. The van der Waals surface area contributed by atoms with Gasteiger partial charge in [0.05, 0.1) is 12.0 Å². The molecule has 0 bridgehead atoms. The first kappa shape index (κ1) is 11.2. The molecule has 2 rings (SSSR count). The Bertz CT molecular complexity index is 429. The number of hydrogen-bond donors (Lipinski definition) is 0. The van der Waals surface area contributed by atoms with Gasteiger partial charge in [0, 0.05) is 13.1 Å². The topological polar surface area (TPSA) is 27.0 Å². The summed E-state index contributed by atoms with van der Waals surface area (Å²) in [6.07, 6.45) is 0. The van der Waals surface area contributed by atoms with Crippen molar-refractivity contribution in [1.29, 1.82) is 5.26 Å². The minimum absolute atomic E-state index is 0.0370. The van der Waals surface area contributed by atoms with E-state index in [4.69, 9.17) is 5.26 Å². The summed E-state index contributed by atoms with van der Waals surface area (Å²) in [6.45, 7) is 6.23. The minimum Gasteiger partial charge on any atom is -0.300 e. The van der Waals surface area contributed by atoms with Gasteiger partial charge >= 0.3 is 0 Å². The van der Waals surface area contributed by atoms with Crippen LogP contribution in [0, 0.1) is 11.3 Å². The van der Waals surface area contributed by atoms with Crippen molar-refractivity contribution in [2.24, 2.45) is 0 Å². The summed E-state index contributed by atoms with van der Waals surface area (Å²) in [7, 11) is 2.08. The maximum absolute atomic E-state index is 9.16. The fraction of sp³-hybridized carbons (Fsp3) is 0.500. The van der Waals surface area contributed by atoms with Gasteiger partial charge in [-0.25, -0.2) is 0 Å². The van der Waals surface area contributed by atoms with Crippen molar-refractivity contribution in [1.82, 2.24) is 4.90 Å². The highest BCUT2D eigenvalue weighted by atomic mass is 15.1. The summed E-state index contributed by atoms with van der Waals surface area (Å²) in [6, 6.07) is 8.97. The molecule has 1 atom stereocenters. The first-order valence-electron chi connectivity index (χ1n) is 5.82. The summed E-state index contributed by atoms with van der Waals surface area (Å²) in [5, 5.41) is 9.16. The SMILES string of the molecule is CC(C)c1ccc2c(c1)CN(C)CC2C#N. The zero-order valence-electron chi connectivity index (χ0n) is 10.2. The van der Waals surface area contributed by atoms with E-state index in [1.807, 2.05) is 0 Å². The molecule has 0 radical (unpaired) electrons. The van der Waals surface area contributed by atoms with Crippen LogP contribution in [0.15, 0.2) is 18.2 Å². The molecule has 0 amide bonds. The molecule has 0 aromatic heterocycles. The van der Waals surface area contributed by atoms with E-state index >= 15 is 0 Å². The van der Waals surface area contributed by atoms with E-state index in [0.29, 0.717) is 5.92 Å². The summed E-state index contributed by atoms with van der Waals surface area (Å²) >= 11 is 0.